The van der Waals surface area contributed by atoms with Crippen molar-refractivity contribution in [3.8, 4) is 0 Å². The Morgan fingerprint density at radius 2 is 1.67 bits per heavy atom. The monoisotopic (exact) mass is 386 g/mol. The number of rotatable bonds is 6. The van der Waals surface area contributed by atoms with E-state index in [1.54, 1.807) is 24.4 Å². The van der Waals surface area contributed by atoms with Crippen molar-refractivity contribution >= 4 is 11.6 Å². The first-order chi connectivity index (χ1) is 12.8. The number of hydrogen-bond donors (Lipinski definition) is 1. The minimum Gasteiger partial charge on any atom is -0.305 e. The second-order valence-electron chi connectivity index (χ2n) is 6.65. The molecule has 1 atom stereocenters. The van der Waals surface area contributed by atoms with Crippen LogP contribution in [0.1, 0.15) is 29.3 Å². The van der Waals surface area contributed by atoms with Gasteiger partial charge in [0.2, 0.25) is 0 Å². The first kappa shape index (κ1) is 19.5. The molecule has 2 aromatic carbocycles. The van der Waals surface area contributed by atoms with Crippen LogP contribution in [-0.4, -0.2) is 12.0 Å². The number of benzene rings is 2. The maximum atomic E-state index is 14.0. The summed E-state index contributed by atoms with van der Waals surface area (Å²) in [6, 6.07) is 20.0. The maximum Gasteiger partial charge on any atom is 0.270 e. The number of nitrogens with one attached hydrogen (secondary N) is 1. The highest BCUT2D eigenvalue weighted by Gasteiger charge is 2.36. The van der Waals surface area contributed by atoms with E-state index < -0.39 is 11.5 Å². The Kier molecular flexibility index (Phi) is 5.59. The van der Waals surface area contributed by atoms with E-state index in [0.717, 1.165) is 23.7 Å². The number of nitrogens with zero attached hydrogens (tertiary/aromatic N) is 1. The van der Waals surface area contributed by atoms with Gasteiger partial charge < -0.3 is 5.32 Å². The Labute approximate surface area is 163 Å². The zero-order valence-electron chi connectivity index (χ0n) is 15.2. The molecule has 5 heteroatoms. The van der Waals surface area contributed by atoms with Crippen LogP contribution in [0.3, 0.4) is 0 Å². The van der Waals surface area contributed by atoms with Crippen LogP contribution in [0, 0.1) is 0 Å². The molecule has 1 unspecified atom stereocenters. The summed E-state index contributed by atoms with van der Waals surface area (Å²) < 4.78 is 27.9. The van der Waals surface area contributed by atoms with Gasteiger partial charge in [-0.25, -0.2) is 8.78 Å². The van der Waals surface area contributed by atoms with Crippen molar-refractivity contribution in [2.45, 2.75) is 24.8 Å². The molecule has 140 valence electrons. The number of halogens is 3. The van der Waals surface area contributed by atoms with Crippen molar-refractivity contribution in [2.24, 2.45) is 0 Å². The fourth-order valence-corrected chi connectivity index (χ4v) is 3.40. The van der Waals surface area contributed by atoms with Gasteiger partial charge in [0.05, 0.1) is 16.3 Å². The summed E-state index contributed by atoms with van der Waals surface area (Å²) in [4.78, 5) is 4.50. The van der Waals surface area contributed by atoms with Crippen LogP contribution in [0.2, 0.25) is 5.02 Å². The minimum absolute atomic E-state index is 0.0262. The van der Waals surface area contributed by atoms with E-state index >= 15 is 0 Å². The topological polar surface area (TPSA) is 24.9 Å². The van der Waals surface area contributed by atoms with E-state index in [9.17, 15) is 8.78 Å². The molecule has 3 rings (SSSR count). The minimum atomic E-state index is -2.92. The summed E-state index contributed by atoms with van der Waals surface area (Å²) in [6.45, 7) is 0.908. The molecule has 0 amide bonds. The van der Waals surface area contributed by atoms with Crippen molar-refractivity contribution in [3.05, 3.63) is 100 Å². The van der Waals surface area contributed by atoms with Gasteiger partial charge in [0.15, 0.2) is 0 Å². The van der Waals surface area contributed by atoms with Gasteiger partial charge in [0.1, 0.15) is 0 Å². The normalized spacial score (nSPS) is 14.0. The standard InChI is InChI=1S/C22H21ClF2N2/c1-21(24,25)17-9-6-10-18(13-17)22(26-2,14-16-7-4-3-5-8-16)20-12-11-19(23)15-27-20/h3-13,15,26H,14H2,1-2H3. The van der Waals surface area contributed by atoms with E-state index in [1.807, 2.05) is 49.5 Å². The predicted octanol–water partition coefficient (Wildman–Crippen LogP) is 5.55. The summed E-state index contributed by atoms with van der Waals surface area (Å²) in [5.41, 5.74) is 1.71. The molecule has 3 aromatic rings. The highest BCUT2D eigenvalue weighted by atomic mass is 35.5. The Bertz CT molecular complexity index is 892. The van der Waals surface area contributed by atoms with Crippen molar-refractivity contribution in [1.29, 1.82) is 0 Å². The first-order valence-electron chi connectivity index (χ1n) is 8.69. The Balaban J connectivity index is 2.19. The fraction of sp³-hybridized carbons (Fsp3) is 0.227. The van der Waals surface area contributed by atoms with Crippen LogP contribution < -0.4 is 5.32 Å². The van der Waals surface area contributed by atoms with Crippen molar-refractivity contribution in [1.82, 2.24) is 10.3 Å². The molecule has 0 aliphatic heterocycles. The third kappa shape index (κ3) is 4.18. The molecule has 27 heavy (non-hydrogen) atoms. The molecule has 0 aliphatic carbocycles. The molecular formula is C22H21ClF2N2. The van der Waals surface area contributed by atoms with Crippen LogP contribution >= 0.6 is 11.6 Å². The zero-order chi connectivity index (χ0) is 19.5. The summed E-state index contributed by atoms with van der Waals surface area (Å²) in [5, 5.41) is 3.87. The lowest BCUT2D eigenvalue weighted by atomic mass is 9.80. The van der Waals surface area contributed by atoms with Crippen molar-refractivity contribution in [2.75, 3.05) is 7.05 Å². The SMILES string of the molecule is CNC(Cc1ccccc1)(c1cccc(C(C)(F)F)c1)c1ccc(Cl)cn1. The van der Waals surface area contributed by atoms with Gasteiger partial charge in [-0.2, -0.15) is 0 Å². The lowest BCUT2D eigenvalue weighted by molar-refractivity contribution is 0.0173. The van der Waals surface area contributed by atoms with Crippen LogP contribution in [-0.2, 0) is 17.9 Å². The molecule has 0 radical (unpaired) electrons. The van der Waals surface area contributed by atoms with Crippen LogP contribution in [0.15, 0.2) is 72.9 Å². The van der Waals surface area contributed by atoms with Gasteiger partial charge in [-0.05, 0) is 36.4 Å². The zero-order valence-corrected chi connectivity index (χ0v) is 16.0. The van der Waals surface area contributed by atoms with E-state index in [4.69, 9.17) is 11.6 Å². The quantitative estimate of drug-likeness (QED) is 0.600. The van der Waals surface area contributed by atoms with Gasteiger partial charge in [0.25, 0.3) is 5.92 Å². The first-order valence-corrected chi connectivity index (χ1v) is 9.07. The maximum absolute atomic E-state index is 14.0. The van der Waals surface area contributed by atoms with Crippen molar-refractivity contribution in [3.63, 3.8) is 0 Å². The molecule has 2 nitrogen and oxygen atoms in total. The molecule has 0 bridgehead atoms. The summed E-state index contributed by atoms with van der Waals surface area (Å²) in [5.74, 6) is -2.92. The van der Waals surface area contributed by atoms with Crippen LogP contribution in [0.5, 0.6) is 0 Å². The summed E-state index contributed by atoms with van der Waals surface area (Å²) in [7, 11) is 1.82. The molecule has 0 fully saturated rings. The number of aromatic nitrogens is 1. The second kappa shape index (κ2) is 7.75. The van der Waals surface area contributed by atoms with Gasteiger partial charge >= 0.3 is 0 Å². The Morgan fingerprint density at radius 1 is 0.963 bits per heavy atom. The van der Waals surface area contributed by atoms with Gasteiger partial charge in [-0.3, -0.25) is 4.98 Å². The van der Waals surface area contributed by atoms with Gasteiger partial charge in [0, 0.05) is 25.1 Å². The lowest BCUT2D eigenvalue weighted by Crippen LogP contribution is -2.44. The molecule has 0 aliphatic rings. The predicted molar refractivity (Wildman–Crippen MR) is 105 cm³/mol. The largest absolute Gasteiger partial charge is 0.305 e. The summed E-state index contributed by atoms with van der Waals surface area (Å²) >= 11 is 6.01. The van der Waals surface area contributed by atoms with Crippen LogP contribution in [0.25, 0.3) is 0 Å². The average Bonchev–Trinajstić information content (AvgIpc) is 2.67. The Morgan fingerprint density at radius 3 is 2.26 bits per heavy atom. The fourth-order valence-electron chi connectivity index (χ4n) is 3.29. The third-order valence-corrected chi connectivity index (χ3v) is 4.99. The van der Waals surface area contributed by atoms with E-state index in [2.05, 4.69) is 10.3 Å². The molecule has 1 aromatic heterocycles. The molecular weight excluding hydrogens is 366 g/mol. The van der Waals surface area contributed by atoms with E-state index in [1.165, 1.54) is 6.07 Å². The van der Waals surface area contributed by atoms with Gasteiger partial charge in [-0.15, -0.1) is 0 Å². The highest BCUT2D eigenvalue weighted by molar-refractivity contribution is 6.30. The number of alkyl halides is 2. The molecule has 0 saturated carbocycles. The Hall–Kier alpha value is -2.30. The molecule has 0 spiro atoms. The summed E-state index contributed by atoms with van der Waals surface area (Å²) in [6.07, 6.45) is 2.13. The van der Waals surface area contributed by atoms with Crippen molar-refractivity contribution < 1.29 is 8.78 Å². The third-order valence-electron chi connectivity index (χ3n) is 4.77. The lowest BCUT2D eigenvalue weighted by Gasteiger charge is -2.34. The van der Waals surface area contributed by atoms with E-state index in [-0.39, 0.29) is 5.56 Å². The molecule has 1 N–H and O–H groups in total. The highest BCUT2D eigenvalue weighted by Crippen LogP contribution is 2.36. The van der Waals surface area contributed by atoms with E-state index in [0.29, 0.717) is 11.4 Å². The number of pyridine rings is 1. The average molecular weight is 387 g/mol. The molecule has 1 heterocycles. The number of likely N-dealkylation sites (N-methyl/N-ethyl adjacent to an activating group) is 1. The molecule has 0 saturated heterocycles. The second-order valence-corrected chi connectivity index (χ2v) is 7.08. The van der Waals surface area contributed by atoms with Gasteiger partial charge in [-0.1, -0.05) is 60.1 Å². The smallest absolute Gasteiger partial charge is 0.270 e. The van der Waals surface area contributed by atoms with Crippen LogP contribution in [0.4, 0.5) is 8.78 Å². The number of hydrogen-bond acceptors (Lipinski definition) is 2.